The molecule has 0 bridgehead atoms. The van der Waals surface area contributed by atoms with E-state index in [1.54, 1.807) is 6.33 Å². The molecule has 1 aromatic heterocycles. The topological polar surface area (TPSA) is 41.5 Å². The quantitative estimate of drug-likeness (QED) is 0.787. The van der Waals surface area contributed by atoms with Gasteiger partial charge in [-0.05, 0) is 13.8 Å². The molecule has 0 unspecified atom stereocenters. The van der Waals surface area contributed by atoms with E-state index in [-0.39, 0.29) is 0 Å². The van der Waals surface area contributed by atoms with E-state index in [0.717, 1.165) is 37.9 Å². The largest absolute Gasteiger partial charge is 0.378 e. The first kappa shape index (κ1) is 12.1. The van der Waals surface area contributed by atoms with Gasteiger partial charge in [0.1, 0.15) is 18.0 Å². The van der Waals surface area contributed by atoms with E-state index in [0.29, 0.717) is 6.04 Å². The van der Waals surface area contributed by atoms with Gasteiger partial charge in [-0.25, -0.2) is 9.97 Å². The van der Waals surface area contributed by atoms with Crippen LogP contribution in [0.2, 0.25) is 0 Å². The van der Waals surface area contributed by atoms with Gasteiger partial charge < -0.3 is 14.5 Å². The third-order valence-electron chi connectivity index (χ3n) is 3.11. The number of morpholine rings is 1. The van der Waals surface area contributed by atoms with Crippen molar-refractivity contribution in [3.63, 3.8) is 0 Å². The third-order valence-corrected chi connectivity index (χ3v) is 3.11. The van der Waals surface area contributed by atoms with E-state index in [4.69, 9.17) is 4.74 Å². The number of aromatic nitrogens is 2. The smallest absolute Gasteiger partial charge is 0.134 e. The number of rotatable bonds is 3. The molecular weight excluding hydrogens is 216 g/mol. The summed E-state index contributed by atoms with van der Waals surface area (Å²) in [6.45, 7) is 7.66. The van der Waals surface area contributed by atoms with Crippen LogP contribution in [0.15, 0.2) is 12.4 Å². The maximum Gasteiger partial charge on any atom is 0.134 e. The van der Waals surface area contributed by atoms with Crippen LogP contribution in [-0.4, -0.2) is 49.4 Å². The lowest BCUT2D eigenvalue weighted by atomic mass is 10.3. The molecular formula is C12H20N4O. The Balaban J connectivity index is 2.15. The monoisotopic (exact) mass is 236 g/mol. The highest BCUT2D eigenvalue weighted by atomic mass is 16.5. The van der Waals surface area contributed by atoms with Crippen LogP contribution in [0.25, 0.3) is 0 Å². The van der Waals surface area contributed by atoms with Crippen molar-refractivity contribution in [3.8, 4) is 0 Å². The van der Waals surface area contributed by atoms with Crippen LogP contribution in [0.3, 0.4) is 0 Å². The molecule has 94 valence electrons. The van der Waals surface area contributed by atoms with Crippen molar-refractivity contribution in [2.24, 2.45) is 0 Å². The summed E-state index contributed by atoms with van der Waals surface area (Å²) in [4.78, 5) is 13.0. The molecule has 0 aliphatic carbocycles. The van der Waals surface area contributed by atoms with E-state index < -0.39 is 0 Å². The molecule has 5 heteroatoms. The van der Waals surface area contributed by atoms with Gasteiger partial charge in [-0.15, -0.1) is 0 Å². The van der Waals surface area contributed by atoms with E-state index >= 15 is 0 Å². The Labute approximate surface area is 102 Å². The van der Waals surface area contributed by atoms with Gasteiger partial charge >= 0.3 is 0 Å². The summed E-state index contributed by atoms with van der Waals surface area (Å²) in [6.07, 6.45) is 1.64. The number of hydrogen-bond donors (Lipinski definition) is 0. The lowest BCUT2D eigenvalue weighted by molar-refractivity contribution is 0.122. The standard InChI is InChI=1S/C12H20N4O/c1-10(2)15(3)11-8-12(14-9-13-11)16-4-6-17-7-5-16/h8-10H,4-7H2,1-3H3. The summed E-state index contributed by atoms with van der Waals surface area (Å²) in [5, 5.41) is 0. The Kier molecular flexibility index (Phi) is 3.78. The highest BCUT2D eigenvalue weighted by Crippen LogP contribution is 2.18. The summed E-state index contributed by atoms with van der Waals surface area (Å²) in [7, 11) is 2.05. The zero-order valence-electron chi connectivity index (χ0n) is 10.8. The number of hydrogen-bond acceptors (Lipinski definition) is 5. The van der Waals surface area contributed by atoms with E-state index in [2.05, 4.69) is 40.7 Å². The molecule has 0 N–H and O–H groups in total. The minimum Gasteiger partial charge on any atom is -0.378 e. The third kappa shape index (κ3) is 2.85. The van der Waals surface area contributed by atoms with E-state index in [1.807, 2.05) is 6.07 Å². The summed E-state index contributed by atoms with van der Waals surface area (Å²) >= 11 is 0. The lowest BCUT2D eigenvalue weighted by Crippen LogP contribution is -2.37. The van der Waals surface area contributed by atoms with Crippen LogP contribution < -0.4 is 9.80 Å². The molecule has 1 aliphatic rings. The Bertz CT molecular complexity index is 363. The molecule has 0 atom stereocenters. The molecule has 5 nitrogen and oxygen atoms in total. The van der Waals surface area contributed by atoms with Crippen molar-refractivity contribution < 1.29 is 4.74 Å². The summed E-state index contributed by atoms with van der Waals surface area (Å²) in [5.74, 6) is 1.96. The molecule has 2 heterocycles. The van der Waals surface area contributed by atoms with Gasteiger partial charge in [0.05, 0.1) is 13.2 Å². The second-order valence-corrected chi connectivity index (χ2v) is 4.54. The van der Waals surface area contributed by atoms with Crippen LogP contribution >= 0.6 is 0 Å². The first-order valence-electron chi connectivity index (χ1n) is 6.06. The van der Waals surface area contributed by atoms with Gasteiger partial charge in [-0.3, -0.25) is 0 Å². The van der Waals surface area contributed by atoms with Gasteiger partial charge in [0, 0.05) is 32.2 Å². The molecule has 0 amide bonds. The summed E-state index contributed by atoms with van der Waals surface area (Å²) < 4.78 is 5.34. The molecule has 1 fully saturated rings. The normalized spacial score (nSPS) is 16.4. The van der Waals surface area contributed by atoms with E-state index in [9.17, 15) is 0 Å². The van der Waals surface area contributed by atoms with Crippen molar-refractivity contribution in [2.45, 2.75) is 19.9 Å². The zero-order valence-corrected chi connectivity index (χ0v) is 10.8. The molecule has 17 heavy (non-hydrogen) atoms. The second kappa shape index (κ2) is 5.31. The highest BCUT2D eigenvalue weighted by molar-refractivity contribution is 5.50. The van der Waals surface area contributed by atoms with Gasteiger partial charge in [0.15, 0.2) is 0 Å². The van der Waals surface area contributed by atoms with Crippen LogP contribution in [0.4, 0.5) is 11.6 Å². The summed E-state index contributed by atoms with van der Waals surface area (Å²) in [5.41, 5.74) is 0. The highest BCUT2D eigenvalue weighted by Gasteiger charge is 2.14. The van der Waals surface area contributed by atoms with Crippen LogP contribution in [0.5, 0.6) is 0 Å². The molecule has 0 aromatic carbocycles. The SMILES string of the molecule is CC(C)N(C)c1cc(N2CCOCC2)ncn1. The Hall–Kier alpha value is -1.36. The van der Waals surface area contributed by atoms with Crippen molar-refractivity contribution in [1.29, 1.82) is 0 Å². The first-order valence-corrected chi connectivity index (χ1v) is 6.06. The predicted molar refractivity (Wildman–Crippen MR) is 68.6 cm³/mol. The molecule has 2 rings (SSSR count). The molecule has 0 radical (unpaired) electrons. The summed E-state index contributed by atoms with van der Waals surface area (Å²) in [6, 6.07) is 2.48. The van der Waals surface area contributed by atoms with Crippen molar-refractivity contribution in [3.05, 3.63) is 12.4 Å². The molecule has 1 aromatic rings. The van der Waals surface area contributed by atoms with Crippen molar-refractivity contribution in [1.82, 2.24) is 9.97 Å². The lowest BCUT2D eigenvalue weighted by Gasteiger charge is -2.29. The molecule has 0 saturated carbocycles. The maximum absolute atomic E-state index is 5.34. The van der Waals surface area contributed by atoms with Gasteiger partial charge in [0.2, 0.25) is 0 Å². The molecule has 1 aliphatic heterocycles. The Morgan fingerprint density at radius 2 is 2.00 bits per heavy atom. The predicted octanol–water partition coefficient (Wildman–Crippen LogP) is 1.16. The van der Waals surface area contributed by atoms with Crippen molar-refractivity contribution in [2.75, 3.05) is 43.2 Å². The van der Waals surface area contributed by atoms with Crippen LogP contribution in [0, 0.1) is 0 Å². The zero-order chi connectivity index (χ0) is 12.3. The number of anilines is 2. The fourth-order valence-corrected chi connectivity index (χ4v) is 1.76. The minimum absolute atomic E-state index is 0.433. The van der Waals surface area contributed by atoms with E-state index in [1.165, 1.54) is 0 Å². The number of nitrogens with zero attached hydrogens (tertiary/aromatic N) is 4. The van der Waals surface area contributed by atoms with Gasteiger partial charge in [-0.2, -0.15) is 0 Å². The maximum atomic E-state index is 5.34. The molecule has 0 spiro atoms. The van der Waals surface area contributed by atoms with Crippen molar-refractivity contribution >= 4 is 11.6 Å². The minimum atomic E-state index is 0.433. The average molecular weight is 236 g/mol. The fourth-order valence-electron chi connectivity index (χ4n) is 1.76. The fraction of sp³-hybridized carbons (Fsp3) is 0.667. The molecule has 1 saturated heterocycles. The van der Waals surface area contributed by atoms with Gasteiger partial charge in [0.25, 0.3) is 0 Å². The van der Waals surface area contributed by atoms with Crippen LogP contribution in [-0.2, 0) is 4.74 Å². The van der Waals surface area contributed by atoms with Gasteiger partial charge in [-0.1, -0.05) is 0 Å². The Morgan fingerprint density at radius 3 is 2.65 bits per heavy atom. The average Bonchev–Trinajstić information content (AvgIpc) is 2.39. The first-order chi connectivity index (χ1) is 8.18. The Morgan fingerprint density at radius 1 is 1.29 bits per heavy atom. The second-order valence-electron chi connectivity index (χ2n) is 4.54. The number of ether oxygens (including phenoxy) is 1. The van der Waals surface area contributed by atoms with Crippen LogP contribution in [0.1, 0.15) is 13.8 Å².